The van der Waals surface area contributed by atoms with Crippen LogP contribution in [0.25, 0.3) is 0 Å². The molecule has 1 aliphatic heterocycles. The number of hydrogen-bond acceptors (Lipinski definition) is 3. The van der Waals surface area contributed by atoms with Crippen molar-refractivity contribution < 1.29 is 13.2 Å². The van der Waals surface area contributed by atoms with Gasteiger partial charge in [-0.2, -0.15) is 4.31 Å². The third-order valence-electron chi connectivity index (χ3n) is 5.33. The summed E-state index contributed by atoms with van der Waals surface area (Å²) >= 11 is 0. The van der Waals surface area contributed by atoms with Crippen molar-refractivity contribution in [1.29, 1.82) is 0 Å². The van der Waals surface area contributed by atoms with Crippen molar-refractivity contribution in [2.45, 2.75) is 31.7 Å². The Morgan fingerprint density at radius 3 is 2.20 bits per heavy atom. The Hall–Kier alpha value is -2.96. The van der Waals surface area contributed by atoms with Gasteiger partial charge in [0.25, 0.3) is 5.91 Å². The predicted octanol–water partition coefficient (Wildman–Crippen LogP) is 4.30. The molecule has 0 fully saturated rings. The van der Waals surface area contributed by atoms with E-state index in [0.29, 0.717) is 25.1 Å². The largest absolute Gasteiger partial charge is 0.322 e. The lowest BCUT2D eigenvalue weighted by Gasteiger charge is -2.28. The molecule has 1 amide bonds. The number of rotatable bonds is 4. The van der Waals surface area contributed by atoms with Crippen LogP contribution in [0.5, 0.6) is 0 Å². The molecule has 0 radical (unpaired) electrons. The molecule has 5 nitrogen and oxygen atoms in total. The maximum atomic E-state index is 13.1. The molecule has 1 aliphatic rings. The second kappa shape index (κ2) is 8.05. The van der Waals surface area contributed by atoms with Gasteiger partial charge in [-0.1, -0.05) is 30.3 Å². The topological polar surface area (TPSA) is 66.5 Å². The van der Waals surface area contributed by atoms with E-state index in [1.807, 2.05) is 56.3 Å². The Kier molecular flexibility index (Phi) is 5.45. The highest BCUT2D eigenvalue weighted by atomic mass is 32.2. The number of amides is 1. The van der Waals surface area contributed by atoms with E-state index in [2.05, 4.69) is 5.32 Å². The number of nitrogens with zero attached hydrogens (tertiary/aromatic N) is 1. The standard InChI is InChI=1S/C24H24N2O3S/c1-17-13-18(2)15-22(14-17)25-24(27)20-7-9-23(10-8-20)30(28,29)26-12-11-19-5-3-4-6-21(19)16-26/h3-10,13-15H,11-12,16H2,1-2H3,(H,25,27). The van der Waals surface area contributed by atoms with Crippen LogP contribution in [0.3, 0.4) is 0 Å². The van der Waals surface area contributed by atoms with Gasteiger partial charge >= 0.3 is 0 Å². The minimum atomic E-state index is -3.62. The number of anilines is 1. The molecule has 0 atom stereocenters. The summed E-state index contributed by atoms with van der Waals surface area (Å²) < 4.78 is 27.6. The molecule has 0 aliphatic carbocycles. The Morgan fingerprint density at radius 1 is 0.900 bits per heavy atom. The molecule has 3 aromatic rings. The van der Waals surface area contributed by atoms with Crippen molar-refractivity contribution in [2.75, 3.05) is 11.9 Å². The quantitative estimate of drug-likeness (QED) is 0.684. The zero-order valence-electron chi connectivity index (χ0n) is 17.1. The van der Waals surface area contributed by atoms with Crippen LogP contribution < -0.4 is 5.32 Å². The summed E-state index contributed by atoms with van der Waals surface area (Å²) in [6, 6.07) is 19.9. The molecule has 0 bridgehead atoms. The molecule has 0 saturated carbocycles. The number of carbonyl (C=O) groups is 1. The van der Waals surface area contributed by atoms with E-state index in [0.717, 1.165) is 22.4 Å². The van der Waals surface area contributed by atoms with Crippen molar-refractivity contribution >= 4 is 21.6 Å². The van der Waals surface area contributed by atoms with E-state index in [1.165, 1.54) is 22.0 Å². The van der Waals surface area contributed by atoms with Crippen LogP contribution in [0.1, 0.15) is 32.6 Å². The predicted molar refractivity (Wildman–Crippen MR) is 118 cm³/mol. The van der Waals surface area contributed by atoms with Crippen molar-refractivity contribution in [3.05, 3.63) is 94.5 Å². The Labute approximate surface area is 177 Å². The summed E-state index contributed by atoms with van der Waals surface area (Å²) in [5.74, 6) is -0.268. The smallest absolute Gasteiger partial charge is 0.255 e. The summed E-state index contributed by atoms with van der Waals surface area (Å²) in [5.41, 5.74) is 5.50. The molecule has 6 heteroatoms. The van der Waals surface area contributed by atoms with Gasteiger partial charge in [-0.3, -0.25) is 4.79 Å². The van der Waals surface area contributed by atoms with Crippen molar-refractivity contribution in [3.63, 3.8) is 0 Å². The normalized spacial score (nSPS) is 14.2. The molecule has 3 aromatic carbocycles. The fourth-order valence-electron chi connectivity index (χ4n) is 3.85. The highest BCUT2D eigenvalue weighted by Crippen LogP contribution is 2.25. The molecule has 0 saturated heterocycles. The first-order valence-corrected chi connectivity index (χ1v) is 11.3. The number of fused-ring (bicyclic) bond motifs is 1. The van der Waals surface area contributed by atoms with Gasteiger partial charge in [0.15, 0.2) is 0 Å². The van der Waals surface area contributed by atoms with Crippen LogP contribution in [-0.2, 0) is 23.0 Å². The molecule has 0 aromatic heterocycles. The average Bonchev–Trinajstić information content (AvgIpc) is 2.72. The second-order valence-corrected chi connectivity index (χ2v) is 9.65. The Balaban J connectivity index is 1.50. The number of benzene rings is 3. The molecule has 0 unspecified atom stereocenters. The third kappa shape index (κ3) is 4.15. The minimum Gasteiger partial charge on any atom is -0.322 e. The molecule has 1 N–H and O–H groups in total. The van der Waals surface area contributed by atoms with Crippen LogP contribution in [-0.4, -0.2) is 25.2 Å². The Morgan fingerprint density at radius 2 is 1.53 bits per heavy atom. The van der Waals surface area contributed by atoms with Crippen LogP contribution in [0.2, 0.25) is 0 Å². The van der Waals surface area contributed by atoms with Gasteiger partial charge in [0.2, 0.25) is 10.0 Å². The molecule has 1 heterocycles. The fourth-order valence-corrected chi connectivity index (χ4v) is 5.27. The number of nitrogens with one attached hydrogen (secondary N) is 1. The summed E-state index contributed by atoms with van der Waals surface area (Å²) in [4.78, 5) is 12.8. The van der Waals surface area contributed by atoms with Crippen LogP contribution >= 0.6 is 0 Å². The van der Waals surface area contributed by atoms with E-state index >= 15 is 0 Å². The van der Waals surface area contributed by atoms with Crippen molar-refractivity contribution in [3.8, 4) is 0 Å². The van der Waals surface area contributed by atoms with Gasteiger partial charge < -0.3 is 5.32 Å². The monoisotopic (exact) mass is 420 g/mol. The van der Waals surface area contributed by atoms with E-state index in [1.54, 1.807) is 12.1 Å². The van der Waals surface area contributed by atoms with E-state index in [9.17, 15) is 13.2 Å². The average molecular weight is 421 g/mol. The number of hydrogen-bond donors (Lipinski definition) is 1. The van der Waals surface area contributed by atoms with Gasteiger partial charge in [-0.25, -0.2) is 8.42 Å². The van der Waals surface area contributed by atoms with Crippen molar-refractivity contribution in [2.24, 2.45) is 0 Å². The van der Waals surface area contributed by atoms with Gasteiger partial charge in [0.05, 0.1) is 4.90 Å². The first-order chi connectivity index (χ1) is 14.3. The number of carbonyl (C=O) groups excluding carboxylic acids is 1. The highest BCUT2D eigenvalue weighted by Gasteiger charge is 2.28. The summed E-state index contributed by atoms with van der Waals surface area (Å²) in [6.07, 6.45) is 0.700. The molecular weight excluding hydrogens is 396 g/mol. The summed E-state index contributed by atoms with van der Waals surface area (Å²) in [6.45, 7) is 4.77. The number of sulfonamides is 1. The van der Waals surface area contributed by atoms with Gasteiger partial charge in [-0.05, 0) is 78.9 Å². The maximum absolute atomic E-state index is 13.1. The van der Waals surface area contributed by atoms with E-state index < -0.39 is 10.0 Å². The van der Waals surface area contributed by atoms with E-state index in [-0.39, 0.29) is 10.8 Å². The molecule has 30 heavy (non-hydrogen) atoms. The zero-order valence-corrected chi connectivity index (χ0v) is 17.9. The Bertz CT molecular complexity index is 1180. The maximum Gasteiger partial charge on any atom is 0.255 e. The van der Waals surface area contributed by atoms with Crippen molar-refractivity contribution in [1.82, 2.24) is 4.31 Å². The van der Waals surface area contributed by atoms with Gasteiger partial charge in [-0.15, -0.1) is 0 Å². The van der Waals surface area contributed by atoms with Crippen LogP contribution in [0, 0.1) is 13.8 Å². The molecule has 0 spiro atoms. The minimum absolute atomic E-state index is 0.199. The lowest BCUT2D eigenvalue weighted by molar-refractivity contribution is 0.102. The molecule has 4 rings (SSSR count). The first kappa shape index (κ1) is 20.3. The van der Waals surface area contributed by atoms with Crippen LogP contribution in [0.4, 0.5) is 5.69 Å². The van der Waals surface area contributed by atoms with Crippen LogP contribution in [0.15, 0.2) is 71.6 Å². The van der Waals surface area contributed by atoms with Gasteiger partial charge in [0.1, 0.15) is 0 Å². The molecular formula is C24H24N2O3S. The van der Waals surface area contributed by atoms with E-state index in [4.69, 9.17) is 0 Å². The number of aryl methyl sites for hydroxylation is 2. The summed E-state index contributed by atoms with van der Waals surface area (Å²) in [5, 5.41) is 2.87. The van der Waals surface area contributed by atoms with Gasteiger partial charge in [0, 0.05) is 24.3 Å². The lowest BCUT2D eigenvalue weighted by atomic mass is 10.0. The summed E-state index contributed by atoms with van der Waals surface area (Å²) in [7, 11) is -3.62. The first-order valence-electron chi connectivity index (χ1n) is 9.89. The fraction of sp³-hybridized carbons (Fsp3) is 0.208. The second-order valence-electron chi connectivity index (χ2n) is 7.71. The highest BCUT2D eigenvalue weighted by molar-refractivity contribution is 7.89. The zero-order chi connectivity index (χ0) is 21.3. The third-order valence-corrected chi connectivity index (χ3v) is 7.19. The SMILES string of the molecule is Cc1cc(C)cc(NC(=O)c2ccc(S(=O)(=O)N3CCc4ccccc4C3)cc2)c1. The molecule has 154 valence electrons. The lowest BCUT2D eigenvalue weighted by Crippen LogP contribution is -2.35.